The lowest BCUT2D eigenvalue weighted by molar-refractivity contribution is 1.19. The molecule has 5 aromatic carbocycles. The molecule has 0 spiro atoms. The Morgan fingerprint density at radius 2 is 1.46 bits per heavy atom. The normalized spacial score (nSPS) is 11.5. The predicted octanol–water partition coefficient (Wildman–Crippen LogP) is 8.71. The van der Waals surface area contributed by atoms with Gasteiger partial charge in [0.1, 0.15) is 0 Å². The van der Waals surface area contributed by atoms with Crippen molar-refractivity contribution in [3.05, 3.63) is 140 Å². The zero-order valence-corrected chi connectivity index (χ0v) is 19.3. The molecule has 2 heteroatoms. The number of hydrogen-bond acceptors (Lipinski definition) is 1. The third-order valence-electron chi connectivity index (χ3n) is 6.57. The Labute approximate surface area is 204 Å². The van der Waals surface area contributed by atoms with Gasteiger partial charge in [-0.25, -0.2) is 0 Å². The molecule has 0 aliphatic carbocycles. The number of benzene rings is 5. The molecule has 0 saturated carbocycles. The Morgan fingerprint density at radius 3 is 2.31 bits per heavy atom. The summed E-state index contributed by atoms with van der Waals surface area (Å²) < 4.78 is 2.38. The summed E-state index contributed by atoms with van der Waals surface area (Å²) in [6.07, 6.45) is 5.25. The second-order valence-electron chi connectivity index (χ2n) is 8.68. The molecule has 0 aliphatic rings. The standard InChI is InChI=1S/C33H24N2/c1-2-3-15-31(34)26-11-9-10-23(22-26)24-17-19-28-25(21-24)18-20-30-29-14-7-8-16-32(29)35(33(28)30)27-12-5-4-6-13-27/h2-22,34H,1H2/b15-3-,34-31?. The molecule has 0 aliphatic heterocycles. The van der Waals surface area contributed by atoms with Gasteiger partial charge < -0.3 is 9.98 Å². The summed E-state index contributed by atoms with van der Waals surface area (Å²) in [5.74, 6) is 0. The molecule has 166 valence electrons. The van der Waals surface area contributed by atoms with E-state index in [9.17, 15) is 0 Å². The summed E-state index contributed by atoms with van der Waals surface area (Å²) in [5, 5.41) is 13.3. The zero-order chi connectivity index (χ0) is 23.8. The van der Waals surface area contributed by atoms with Crippen LogP contribution >= 0.6 is 0 Å². The van der Waals surface area contributed by atoms with Crippen LogP contribution in [0, 0.1) is 5.41 Å². The number of fused-ring (bicyclic) bond motifs is 5. The van der Waals surface area contributed by atoms with Crippen molar-refractivity contribution in [3.63, 3.8) is 0 Å². The lowest BCUT2D eigenvalue weighted by atomic mass is 9.97. The van der Waals surface area contributed by atoms with Gasteiger partial charge >= 0.3 is 0 Å². The highest BCUT2D eigenvalue weighted by atomic mass is 15.0. The van der Waals surface area contributed by atoms with Crippen LogP contribution in [-0.2, 0) is 0 Å². The van der Waals surface area contributed by atoms with E-state index < -0.39 is 0 Å². The van der Waals surface area contributed by atoms with Gasteiger partial charge in [-0.15, -0.1) is 0 Å². The van der Waals surface area contributed by atoms with Crippen molar-refractivity contribution in [2.24, 2.45) is 0 Å². The quantitative estimate of drug-likeness (QED) is 0.202. The van der Waals surface area contributed by atoms with Gasteiger partial charge in [0.2, 0.25) is 0 Å². The second kappa shape index (κ2) is 8.58. The van der Waals surface area contributed by atoms with Gasteiger partial charge in [0.05, 0.1) is 16.7 Å². The molecular weight excluding hydrogens is 424 g/mol. The number of hydrogen-bond donors (Lipinski definition) is 1. The van der Waals surface area contributed by atoms with Gasteiger partial charge in [-0.2, -0.15) is 0 Å². The minimum Gasteiger partial charge on any atom is -0.309 e. The summed E-state index contributed by atoms with van der Waals surface area (Å²) in [5.41, 5.74) is 7.21. The second-order valence-corrected chi connectivity index (χ2v) is 8.68. The van der Waals surface area contributed by atoms with Crippen molar-refractivity contribution >= 4 is 38.3 Å². The number of allylic oxidation sites excluding steroid dienone is 3. The third kappa shape index (κ3) is 3.56. The highest BCUT2D eigenvalue weighted by molar-refractivity contribution is 6.19. The van der Waals surface area contributed by atoms with Crippen LogP contribution in [0.4, 0.5) is 0 Å². The van der Waals surface area contributed by atoms with Crippen LogP contribution in [0.2, 0.25) is 0 Å². The van der Waals surface area contributed by atoms with E-state index in [4.69, 9.17) is 5.41 Å². The molecule has 35 heavy (non-hydrogen) atoms. The first kappa shape index (κ1) is 20.9. The molecule has 0 atom stereocenters. The van der Waals surface area contributed by atoms with E-state index >= 15 is 0 Å². The largest absolute Gasteiger partial charge is 0.309 e. The molecular formula is C33H24N2. The number of nitrogens with zero attached hydrogens (tertiary/aromatic N) is 1. The Kier molecular flexibility index (Phi) is 5.12. The molecule has 1 heterocycles. The first-order valence-corrected chi connectivity index (χ1v) is 11.7. The molecule has 0 unspecified atom stereocenters. The minimum absolute atomic E-state index is 0.474. The molecule has 1 aromatic heterocycles. The Balaban J connectivity index is 1.56. The maximum absolute atomic E-state index is 8.33. The minimum atomic E-state index is 0.474. The number of nitrogens with one attached hydrogen (secondary N) is 1. The molecule has 0 amide bonds. The van der Waals surface area contributed by atoms with Crippen molar-refractivity contribution in [2.75, 3.05) is 0 Å². The van der Waals surface area contributed by atoms with Crippen molar-refractivity contribution in [1.29, 1.82) is 5.41 Å². The fraction of sp³-hybridized carbons (Fsp3) is 0. The number of rotatable bonds is 5. The van der Waals surface area contributed by atoms with Crippen molar-refractivity contribution in [2.45, 2.75) is 0 Å². The van der Waals surface area contributed by atoms with Gasteiger partial charge in [0.25, 0.3) is 0 Å². The smallest absolute Gasteiger partial charge is 0.0619 e. The Morgan fingerprint density at radius 1 is 0.686 bits per heavy atom. The molecule has 6 rings (SSSR count). The summed E-state index contributed by atoms with van der Waals surface area (Å²) >= 11 is 0. The van der Waals surface area contributed by atoms with E-state index in [0.717, 1.165) is 22.4 Å². The molecule has 0 fully saturated rings. The fourth-order valence-electron chi connectivity index (χ4n) is 4.94. The number of aromatic nitrogens is 1. The van der Waals surface area contributed by atoms with Gasteiger partial charge in [-0.3, -0.25) is 0 Å². The van der Waals surface area contributed by atoms with E-state index in [1.807, 2.05) is 12.1 Å². The number of para-hydroxylation sites is 2. The highest BCUT2D eigenvalue weighted by Crippen LogP contribution is 2.37. The molecule has 0 radical (unpaired) electrons. The Bertz CT molecular complexity index is 1770. The molecule has 0 saturated heterocycles. The molecule has 0 bridgehead atoms. The summed E-state index contributed by atoms with van der Waals surface area (Å²) in [7, 11) is 0. The Hall–Kier alpha value is -4.69. The van der Waals surface area contributed by atoms with Gasteiger partial charge in [0.15, 0.2) is 0 Å². The molecule has 2 nitrogen and oxygen atoms in total. The summed E-state index contributed by atoms with van der Waals surface area (Å²) in [4.78, 5) is 0. The average Bonchev–Trinajstić information content (AvgIpc) is 3.27. The van der Waals surface area contributed by atoms with Crippen LogP contribution in [0.25, 0.3) is 49.4 Å². The van der Waals surface area contributed by atoms with E-state index in [1.54, 1.807) is 18.2 Å². The fourth-order valence-corrected chi connectivity index (χ4v) is 4.94. The zero-order valence-electron chi connectivity index (χ0n) is 19.3. The third-order valence-corrected chi connectivity index (χ3v) is 6.57. The monoisotopic (exact) mass is 448 g/mol. The lowest BCUT2D eigenvalue weighted by Crippen LogP contribution is -1.95. The highest BCUT2D eigenvalue weighted by Gasteiger charge is 2.15. The maximum atomic E-state index is 8.33. The average molecular weight is 449 g/mol. The summed E-state index contributed by atoms with van der Waals surface area (Å²) in [6, 6.07) is 38.5. The van der Waals surface area contributed by atoms with Gasteiger partial charge in [0, 0.05) is 21.8 Å². The predicted molar refractivity (Wildman–Crippen MR) is 150 cm³/mol. The first-order chi connectivity index (χ1) is 17.2. The van der Waals surface area contributed by atoms with Crippen molar-refractivity contribution in [1.82, 2.24) is 4.57 Å². The van der Waals surface area contributed by atoms with Crippen LogP contribution in [0.15, 0.2) is 134 Å². The SMILES string of the molecule is C=C/C=C\C(=N)c1cccc(-c2ccc3c(ccc4c5ccccc5n(-c5ccccc5)c34)c2)c1. The molecule has 1 N–H and O–H groups in total. The van der Waals surface area contributed by atoms with Crippen LogP contribution in [-0.4, -0.2) is 10.3 Å². The van der Waals surface area contributed by atoms with Gasteiger partial charge in [-0.1, -0.05) is 97.6 Å². The molecule has 6 aromatic rings. The van der Waals surface area contributed by atoms with Crippen LogP contribution in [0.3, 0.4) is 0 Å². The van der Waals surface area contributed by atoms with E-state index in [0.29, 0.717) is 5.71 Å². The van der Waals surface area contributed by atoms with Crippen LogP contribution in [0.1, 0.15) is 5.56 Å². The van der Waals surface area contributed by atoms with E-state index in [2.05, 4.69) is 108 Å². The summed E-state index contributed by atoms with van der Waals surface area (Å²) in [6.45, 7) is 3.70. The van der Waals surface area contributed by atoms with Gasteiger partial charge in [-0.05, 0) is 58.5 Å². The van der Waals surface area contributed by atoms with E-state index in [-0.39, 0.29) is 0 Å². The van der Waals surface area contributed by atoms with Crippen LogP contribution < -0.4 is 0 Å². The van der Waals surface area contributed by atoms with Crippen molar-refractivity contribution in [3.8, 4) is 16.8 Å². The topological polar surface area (TPSA) is 28.8 Å². The lowest BCUT2D eigenvalue weighted by Gasteiger charge is -2.11. The van der Waals surface area contributed by atoms with Crippen LogP contribution in [0.5, 0.6) is 0 Å². The first-order valence-electron chi connectivity index (χ1n) is 11.7. The maximum Gasteiger partial charge on any atom is 0.0619 e. The van der Waals surface area contributed by atoms with Crippen molar-refractivity contribution < 1.29 is 0 Å². The van der Waals surface area contributed by atoms with E-state index in [1.165, 1.54) is 32.6 Å².